The molecule has 0 unspecified atom stereocenters. The van der Waals surface area contributed by atoms with Gasteiger partial charge in [0.25, 0.3) is 0 Å². The summed E-state index contributed by atoms with van der Waals surface area (Å²) < 4.78 is 2.42. The van der Waals surface area contributed by atoms with Crippen molar-refractivity contribution in [3.8, 4) is 61.8 Å². The molecule has 7 aromatic carbocycles. The molecule has 0 fully saturated rings. The van der Waals surface area contributed by atoms with Crippen molar-refractivity contribution >= 4 is 32.6 Å². The highest BCUT2D eigenvalue weighted by atomic mass is 15.0. The molecule has 0 bridgehead atoms. The van der Waals surface area contributed by atoms with Gasteiger partial charge in [0.05, 0.1) is 22.4 Å². The van der Waals surface area contributed by atoms with Gasteiger partial charge in [0.2, 0.25) is 0 Å². The molecule has 0 N–H and O–H groups in total. The van der Waals surface area contributed by atoms with Crippen LogP contribution in [0.5, 0.6) is 0 Å². The Kier molecular flexibility index (Phi) is 5.57. The van der Waals surface area contributed by atoms with Crippen LogP contribution in [-0.2, 0) is 0 Å². The summed E-state index contributed by atoms with van der Waals surface area (Å²) in [5, 5.41) is 5.17. The van der Waals surface area contributed by atoms with E-state index in [1.54, 1.807) is 0 Å². The van der Waals surface area contributed by atoms with Crippen LogP contribution in [0, 0.1) is 0 Å². The fraction of sp³-hybridized carbons (Fsp3) is 0. The van der Waals surface area contributed by atoms with Crippen molar-refractivity contribution in [3.05, 3.63) is 164 Å². The maximum Gasteiger partial charge on any atom is 0.160 e. The van der Waals surface area contributed by atoms with Crippen molar-refractivity contribution in [2.75, 3.05) is 0 Å². The number of nitrogens with zero attached hydrogens (tertiary/aromatic N) is 3. The lowest BCUT2D eigenvalue weighted by Crippen LogP contribution is -1.98. The minimum absolute atomic E-state index is 0.705. The van der Waals surface area contributed by atoms with Crippen molar-refractivity contribution < 1.29 is 0 Å². The van der Waals surface area contributed by atoms with E-state index in [9.17, 15) is 0 Å². The monoisotopic (exact) mass is 597 g/mol. The van der Waals surface area contributed by atoms with Crippen LogP contribution in [0.25, 0.3) is 94.4 Å². The second kappa shape index (κ2) is 10.1. The van der Waals surface area contributed by atoms with Gasteiger partial charge in [0, 0.05) is 33.2 Å². The lowest BCUT2D eigenvalue weighted by Gasteiger charge is -2.14. The van der Waals surface area contributed by atoms with Crippen LogP contribution >= 0.6 is 0 Å². The molecule has 0 radical (unpaired) electrons. The SMILES string of the molecule is c1ccc(-c2cc(-c3ccccc3)nc(-c3cccc(-n4c5cccc6c5c5c7c(cccc7ccc54)-c4ccccc4-6)c3)n2)cc1. The number of hydrogen-bond acceptors (Lipinski definition) is 2. The van der Waals surface area contributed by atoms with Crippen LogP contribution < -0.4 is 0 Å². The Bertz CT molecular complexity index is 2610. The van der Waals surface area contributed by atoms with Gasteiger partial charge in [-0.15, -0.1) is 0 Å². The number of fused-ring (bicyclic) bond motifs is 3. The number of rotatable bonds is 4. The van der Waals surface area contributed by atoms with Crippen LogP contribution in [0.3, 0.4) is 0 Å². The average molecular weight is 598 g/mol. The Morgan fingerprint density at radius 1 is 0.362 bits per heavy atom. The topological polar surface area (TPSA) is 30.7 Å². The minimum Gasteiger partial charge on any atom is -0.309 e. The summed E-state index contributed by atoms with van der Waals surface area (Å²) in [6, 6.07) is 58.3. The number of hydrogen-bond donors (Lipinski definition) is 0. The molecule has 0 atom stereocenters. The first kappa shape index (κ1) is 26.0. The molecule has 9 aromatic rings. The van der Waals surface area contributed by atoms with Gasteiger partial charge in [-0.05, 0) is 63.4 Å². The van der Waals surface area contributed by atoms with E-state index in [1.807, 2.05) is 12.1 Å². The van der Waals surface area contributed by atoms with Gasteiger partial charge >= 0.3 is 0 Å². The third kappa shape index (κ3) is 3.93. The lowest BCUT2D eigenvalue weighted by atomic mass is 9.93. The third-order valence-electron chi connectivity index (χ3n) is 9.53. The van der Waals surface area contributed by atoms with E-state index < -0.39 is 0 Å². The molecule has 10 rings (SSSR count). The first-order valence-electron chi connectivity index (χ1n) is 16.0. The molecular weight excluding hydrogens is 571 g/mol. The van der Waals surface area contributed by atoms with Crippen molar-refractivity contribution in [1.29, 1.82) is 0 Å². The normalized spacial score (nSPS) is 11.8. The van der Waals surface area contributed by atoms with Crippen LogP contribution in [0.2, 0.25) is 0 Å². The summed E-state index contributed by atoms with van der Waals surface area (Å²) in [5.41, 5.74) is 13.5. The summed E-state index contributed by atoms with van der Waals surface area (Å²) in [7, 11) is 0. The van der Waals surface area contributed by atoms with Gasteiger partial charge in [-0.25, -0.2) is 9.97 Å². The highest BCUT2D eigenvalue weighted by Crippen LogP contribution is 2.49. The number of benzene rings is 7. The molecule has 47 heavy (non-hydrogen) atoms. The fourth-order valence-electron chi connectivity index (χ4n) is 7.48. The van der Waals surface area contributed by atoms with Crippen LogP contribution in [0.4, 0.5) is 0 Å². The quantitative estimate of drug-likeness (QED) is 0.202. The molecule has 3 heteroatoms. The van der Waals surface area contributed by atoms with E-state index in [4.69, 9.17) is 9.97 Å². The standard InChI is InChI=1S/C44H27N3/c1-3-12-28(13-4-1)37-27-38(29-14-5-2-6-15-29)46-44(45-37)31-17-9-18-32(26-31)47-39-23-11-22-36-34-20-8-7-19-33(34)35-21-10-16-30-24-25-40(47)43(41(30)35)42(36)39/h1-27H. The molecule has 3 nitrogen and oxygen atoms in total. The second-order valence-corrected chi connectivity index (χ2v) is 12.2. The Morgan fingerprint density at radius 3 is 1.62 bits per heavy atom. The number of aromatic nitrogens is 3. The van der Waals surface area contributed by atoms with E-state index in [2.05, 4.69) is 156 Å². The summed E-state index contributed by atoms with van der Waals surface area (Å²) in [6.07, 6.45) is 0. The predicted molar refractivity (Wildman–Crippen MR) is 195 cm³/mol. The Balaban J connectivity index is 1.24. The molecule has 0 saturated carbocycles. The molecule has 0 saturated heterocycles. The largest absolute Gasteiger partial charge is 0.309 e. The minimum atomic E-state index is 0.705. The van der Waals surface area contributed by atoms with E-state index in [1.165, 1.54) is 54.8 Å². The highest BCUT2D eigenvalue weighted by molar-refractivity contribution is 6.30. The highest BCUT2D eigenvalue weighted by Gasteiger charge is 2.24. The smallest absolute Gasteiger partial charge is 0.160 e. The molecule has 1 aliphatic carbocycles. The Morgan fingerprint density at radius 2 is 0.915 bits per heavy atom. The first-order valence-corrected chi connectivity index (χ1v) is 16.0. The van der Waals surface area contributed by atoms with E-state index in [0.717, 1.165) is 33.8 Å². The molecule has 1 aliphatic rings. The van der Waals surface area contributed by atoms with Gasteiger partial charge < -0.3 is 4.57 Å². The molecule has 218 valence electrons. The summed E-state index contributed by atoms with van der Waals surface area (Å²) in [6.45, 7) is 0. The first-order chi connectivity index (χ1) is 23.3. The van der Waals surface area contributed by atoms with Gasteiger partial charge in [-0.1, -0.05) is 133 Å². The third-order valence-corrected chi connectivity index (χ3v) is 9.53. The van der Waals surface area contributed by atoms with E-state index in [-0.39, 0.29) is 0 Å². The van der Waals surface area contributed by atoms with Crippen LogP contribution in [-0.4, -0.2) is 14.5 Å². The van der Waals surface area contributed by atoms with Gasteiger partial charge in [0.1, 0.15) is 0 Å². The fourth-order valence-corrected chi connectivity index (χ4v) is 7.48. The average Bonchev–Trinajstić information content (AvgIpc) is 3.43. The maximum atomic E-state index is 5.13. The molecule has 0 amide bonds. The zero-order chi connectivity index (χ0) is 30.9. The van der Waals surface area contributed by atoms with Gasteiger partial charge in [0.15, 0.2) is 5.82 Å². The zero-order valence-electron chi connectivity index (χ0n) is 25.4. The maximum absolute atomic E-state index is 5.13. The lowest BCUT2D eigenvalue weighted by molar-refractivity contribution is 1.16. The van der Waals surface area contributed by atoms with Crippen LogP contribution in [0.15, 0.2) is 164 Å². The van der Waals surface area contributed by atoms with Crippen molar-refractivity contribution in [2.24, 2.45) is 0 Å². The zero-order valence-corrected chi connectivity index (χ0v) is 25.4. The van der Waals surface area contributed by atoms with Crippen molar-refractivity contribution in [3.63, 3.8) is 0 Å². The van der Waals surface area contributed by atoms with Gasteiger partial charge in [-0.3, -0.25) is 0 Å². The molecule has 0 aliphatic heterocycles. The molecule has 2 heterocycles. The van der Waals surface area contributed by atoms with Crippen molar-refractivity contribution in [2.45, 2.75) is 0 Å². The Hall–Kier alpha value is -6.32. The summed E-state index contributed by atoms with van der Waals surface area (Å²) >= 11 is 0. The molecular formula is C44H27N3. The van der Waals surface area contributed by atoms with E-state index >= 15 is 0 Å². The van der Waals surface area contributed by atoms with Crippen molar-refractivity contribution in [1.82, 2.24) is 14.5 Å². The summed E-state index contributed by atoms with van der Waals surface area (Å²) in [5.74, 6) is 0.705. The molecule has 2 aromatic heterocycles. The van der Waals surface area contributed by atoms with Gasteiger partial charge in [-0.2, -0.15) is 0 Å². The predicted octanol–water partition coefficient (Wildman–Crippen LogP) is 11.4. The van der Waals surface area contributed by atoms with E-state index in [0.29, 0.717) is 5.82 Å². The summed E-state index contributed by atoms with van der Waals surface area (Å²) in [4.78, 5) is 10.3. The molecule has 0 spiro atoms. The van der Waals surface area contributed by atoms with Crippen LogP contribution in [0.1, 0.15) is 0 Å². The second-order valence-electron chi connectivity index (χ2n) is 12.2. The Labute approximate surface area is 272 Å².